The molecule has 4 nitrogen and oxygen atoms in total. The van der Waals surface area contributed by atoms with Crippen LogP contribution >= 0.6 is 11.3 Å². The predicted molar refractivity (Wildman–Crippen MR) is 87.2 cm³/mol. The lowest BCUT2D eigenvalue weighted by atomic mass is 10.2. The SMILES string of the molecule is CN(Cc1csc(C#CCN)c1)C(=O)N1CCCCCC1. The van der Waals surface area contributed by atoms with Gasteiger partial charge in [-0.25, -0.2) is 4.79 Å². The normalized spacial score (nSPS) is 15.0. The molecule has 2 rings (SSSR count). The number of carbonyl (C=O) groups is 1. The fourth-order valence-corrected chi connectivity index (χ4v) is 3.28. The minimum absolute atomic E-state index is 0.137. The topological polar surface area (TPSA) is 49.6 Å². The first-order valence-corrected chi connectivity index (χ1v) is 8.35. The quantitative estimate of drug-likeness (QED) is 0.853. The van der Waals surface area contributed by atoms with Crippen LogP contribution < -0.4 is 5.73 Å². The highest BCUT2D eigenvalue weighted by Crippen LogP contribution is 2.17. The van der Waals surface area contributed by atoms with Gasteiger partial charge in [0.05, 0.1) is 11.4 Å². The number of thiophene rings is 1. The molecule has 5 heteroatoms. The van der Waals surface area contributed by atoms with Crippen molar-refractivity contribution < 1.29 is 4.79 Å². The van der Waals surface area contributed by atoms with Crippen LogP contribution in [0.2, 0.25) is 0 Å². The van der Waals surface area contributed by atoms with Crippen molar-refractivity contribution in [2.45, 2.75) is 32.2 Å². The van der Waals surface area contributed by atoms with Crippen LogP contribution in [0.25, 0.3) is 0 Å². The summed E-state index contributed by atoms with van der Waals surface area (Å²) in [5.74, 6) is 5.88. The highest BCUT2D eigenvalue weighted by Gasteiger charge is 2.19. The van der Waals surface area contributed by atoms with Crippen molar-refractivity contribution in [2.24, 2.45) is 5.73 Å². The fourth-order valence-electron chi connectivity index (χ4n) is 2.51. The van der Waals surface area contributed by atoms with Gasteiger partial charge in [0.1, 0.15) is 0 Å². The Hall–Kier alpha value is -1.51. The molecule has 0 aromatic carbocycles. The van der Waals surface area contributed by atoms with Crippen molar-refractivity contribution in [3.8, 4) is 11.8 Å². The molecule has 1 aromatic heterocycles. The molecule has 1 aliphatic heterocycles. The lowest BCUT2D eigenvalue weighted by Crippen LogP contribution is -2.41. The maximum Gasteiger partial charge on any atom is 0.320 e. The minimum Gasteiger partial charge on any atom is -0.325 e. The third-order valence-corrected chi connectivity index (χ3v) is 4.48. The molecule has 1 saturated heterocycles. The monoisotopic (exact) mass is 305 g/mol. The summed E-state index contributed by atoms with van der Waals surface area (Å²) in [6.45, 7) is 2.79. The van der Waals surface area contributed by atoms with Gasteiger partial charge in [-0.2, -0.15) is 0 Å². The zero-order valence-corrected chi connectivity index (χ0v) is 13.4. The molecule has 2 N–H and O–H groups in total. The zero-order valence-electron chi connectivity index (χ0n) is 12.6. The molecular weight excluding hydrogens is 282 g/mol. The number of urea groups is 1. The number of likely N-dealkylation sites (tertiary alicyclic amines) is 1. The van der Waals surface area contributed by atoms with Crippen molar-refractivity contribution >= 4 is 17.4 Å². The highest BCUT2D eigenvalue weighted by molar-refractivity contribution is 7.10. The minimum atomic E-state index is 0.137. The molecule has 1 fully saturated rings. The summed E-state index contributed by atoms with van der Waals surface area (Å²) < 4.78 is 0. The van der Waals surface area contributed by atoms with Crippen molar-refractivity contribution in [1.82, 2.24) is 9.80 Å². The Morgan fingerprint density at radius 3 is 2.76 bits per heavy atom. The van der Waals surface area contributed by atoms with Gasteiger partial charge in [0.15, 0.2) is 0 Å². The molecule has 0 saturated carbocycles. The van der Waals surface area contributed by atoms with E-state index in [9.17, 15) is 4.79 Å². The number of rotatable bonds is 2. The molecule has 0 atom stereocenters. The maximum atomic E-state index is 12.4. The van der Waals surface area contributed by atoms with Crippen molar-refractivity contribution in [3.05, 3.63) is 21.9 Å². The van der Waals surface area contributed by atoms with Gasteiger partial charge in [-0.05, 0) is 29.9 Å². The Labute approximate surface area is 130 Å². The molecule has 21 heavy (non-hydrogen) atoms. The van der Waals surface area contributed by atoms with E-state index >= 15 is 0 Å². The number of amides is 2. The fraction of sp³-hybridized carbons (Fsp3) is 0.562. The first kappa shape index (κ1) is 15.9. The molecule has 2 heterocycles. The Morgan fingerprint density at radius 1 is 1.38 bits per heavy atom. The van der Waals surface area contributed by atoms with Gasteiger partial charge in [-0.3, -0.25) is 0 Å². The van der Waals surface area contributed by atoms with Crippen LogP contribution in [0.3, 0.4) is 0 Å². The standard InChI is InChI=1S/C16H23N3OS/c1-18(16(20)19-9-4-2-3-5-10-19)12-14-11-15(21-13-14)7-6-8-17/h11,13H,2-5,8-10,12,17H2,1H3. The number of hydrogen-bond acceptors (Lipinski definition) is 3. The molecule has 0 unspecified atom stereocenters. The Bertz CT molecular complexity index is 521. The number of nitrogens with two attached hydrogens (primary N) is 1. The summed E-state index contributed by atoms with van der Waals surface area (Å²) in [6, 6.07) is 2.18. The number of carbonyl (C=O) groups excluding carboxylic acids is 1. The summed E-state index contributed by atoms with van der Waals surface area (Å²) in [4.78, 5) is 17.2. The van der Waals surface area contributed by atoms with E-state index in [0.29, 0.717) is 13.1 Å². The first-order chi connectivity index (χ1) is 10.2. The largest absolute Gasteiger partial charge is 0.325 e. The van der Waals surface area contributed by atoms with E-state index in [4.69, 9.17) is 5.73 Å². The molecular formula is C16H23N3OS. The van der Waals surface area contributed by atoms with Gasteiger partial charge in [-0.1, -0.05) is 24.7 Å². The number of hydrogen-bond donors (Lipinski definition) is 1. The summed E-state index contributed by atoms with van der Waals surface area (Å²) in [5, 5.41) is 2.06. The summed E-state index contributed by atoms with van der Waals surface area (Å²) in [6.07, 6.45) is 4.72. The van der Waals surface area contributed by atoms with E-state index in [1.54, 1.807) is 16.2 Å². The maximum absolute atomic E-state index is 12.4. The van der Waals surface area contributed by atoms with Gasteiger partial charge in [0, 0.05) is 26.7 Å². The van der Waals surface area contributed by atoms with Crippen LogP contribution in [0.1, 0.15) is 36.1 Å². The second kappa shape index (κ2) is 8.06. The Balaban J connectivity index is 1.91. The molecule has 1 aromatic rings. The van der Waals surface area contributed by atoms with E-state index in [2.05, 4.69) is 17.2 Å². The molecule has 2 amide bonds. The van der Waals surface area contributed by atoms with E-state index in [-0.39, 0.29) is 6.03 Å². The van der Waals surface area contributed by atoms with E-state index in [1.807, 2.05) is 18.0 Å². The van der Waals surface area contributed by atoms with Gasteiger partial charge >= 0.3 is 6.03 Å². The average molecular weight is 305 g/mol. The van der Waals surface area contributed by atoms with Gasteiger partial charge in [0.2, 0.25) is 0 Å². The third-order valence-electron chi connectivity index (χ3n) is 3.59. The third kappa shape index (κ3) is 4.76. The molecule has 0 spiro atoms. The molecule has 1 aliphatic rings. The average Bonchev–Trinajstić information content (AvgIpc) is 2.75. The first-order valence-electron chi connectivity index (χ1n) is 7.47. The summed E-state index contributed by atoms with van der Waals surface area (Å²) >= 11 is 1.60. The van der Waals surface area contributed by atoms with Crippen LogP contribution in [0.5, 0.6) is 0 Å². The number of nitrogens with zero attached hydrogens (tertiary/aromatic N) is 2. The Kier molecular flexibility index (Phi) is 6.09. The predicted octanol–water partition coefficient (Wildman–Crippen LogP) is 2.49. The zero-order chi connectivity index (χ0) is 15.1. The van der Waals surface area contributed by atoms with Gasteiger partial charge < -0.3 is 15.5 Å². The van der Waals surface area contributed by atoms with Crippen LogP contribution in [-0.4, -0.2) is 42.5 Å². The molecule has 114 valence electrons. The lowest BCUT2D eigenvalue weighted by molar-refractivity contribution is 0.162. The molecule has 0 radical (unpaired) electrons. The van der Waals surface area contributed by atoms with E-state index in [1.165, 1.54) is 12.8 Å². The Morgan fingerprint density at radius 2 is 2.10 bits per heavy atom. The summed E-state index contributed by atoms with van der Waals surface area (Å²) in [7, 11) is 1.87. The van der Waals surface area contributed by atoms with Crippen LogP contribution in [0.15, 0.2) is 11.4 Å². The van der Waals surface area contributed by atoms with Crippen LogP contribution in [-0.2, 0) is 6.54 Å². The summed E-state index contributed by atoms with van der Waals surface area (Å²) in [5.41, 5.74) is 6.50. The van der Waals surface area contributed by atoms with Crippen molar-refractivity contribution in [1.29, 1.82) is 0 Å². The van der Waals surface area contributed by atoms with E-state index in [0.717, 1.165) is 36.4 Å². The second-order valence-electron chi connectivity index (χ2n) is 5.37. The van der Waals surface area contributed by atoms with Crippen LogP contribution in [0.4, 0.5) is 4.79 Å². The van der Waals surface area contributed by atoms with Crippen LogP contribution in [0, 0.1) is 11.8 Å². The van der Waals surface area contributed by atoms with E-state index < -0.39 is 0 Å². The second-order valence-corrected chi connectivity index (χ2v) is 6.28. The van der Waals surface area contributed by atoms with Gasteiger partial charge in [0.25, 0.3) is 0 Å². The van der Waals surface area contributed by atoms with Crippen molar-refractivity contribution in [3.63, 3.8) is 0 Å². The highest BCUT2D eigenvalue weighted by atomic mass is 32.1. The van der Waals surface area contributed by atoms with Crippen molar-refractivity contribution in [2.75, 3.05) is 26.7 Å². The molecule has 0 aliphatic carbocycles. The smallest absolute Gasteiger partial charge is 0.320 e. The lowest BCUT2D eigenvalue weighted by Gasteiger charge is -2.26. The molecule has 0 bridgehead atoms. The van der Waals surface area contributed by atoms with Gasteiger partial charge in [-0.15, -0.1) is 11.3 Å².